The Labute approximate surface area is 230 Å². The molecule has 3 aromatic carbocycles. The minimum atomic E-state index is -0.171. The largest absolute Gasteiger partial charge is 0.365 e. The van der Waals surface area contributed by atoms with Gasteiger partial charge >= 0.3 is 0 Å². The molecular formula is C33H38N6. The number of para-hydroxylation sites is 3. The first kappa shape index (κ1) is 24.5. The summed E-state index contributed by atoms with van der Waals surface area (Å²) in [4.78, 5) is 2.50. The van der Waals surface area contributed by atoms with E-state index in [4.69, 9.17) is 0 Å². The summed E-state index contributed by atoms with van der Waals surface area (Å²) in [6.45, 7) is 2.99. The summed E-state index contributed by atoms with van der Waals surface area (Å²) in [5.41, 5.74) is 9.09. The third-order valence-electron chi connectivity index (χ3n) is 9.10. The van der Waals surface area contributed by atoms with E-state index < -0.39 is 0 Å². The van der Waals surface area contributed by atoms with Crippen LogP contribution in [0.15, 0.2) is 79.1 Å². The highest BCUT2D eigenvalue weighted by Crippen LogP contribution is 2.52. The Morgan fingerprint density at radius 1 is 0.821 bits per heavy atom. The van der Waals surface area contributed by atoms with Crippen LogP contribution >= 0.6 is 0 Å². The minimum absolute atomic E-state index is 0.171. The molecule has 0 bridgehead atoms. The number of likely N-dealkylation sites (tertiary alicyclic amines) is 1. The molecule has 6 nitrogen and oxygen atoms in total. The number of nitrogens with zero attached hydrogens (tertiary/aromatic N) is 3. The lowest BCUT2D eigenvalue weighted by Gasteiger charge is -2.34. The van der Waals surface area contributed by atoms with E-state index in [9.17, 15) is 0 Å². The number of nitrogens with one attached hydrogen (secondary N) is 3. The van der Waals surface area contributed by atoms with Crippen LogP contribution in [0, 0.1) is 0 Å². The van der Waals surface area contributed by atoms with E-state index in [-0.39, 0.29) is 11.7 Å². The topological polar surface area (TPSA) is 49.2 Å². The second-order valence-corrected chi connectivity index (χ2v) is 11.2. The molecule has 0 saturated carbocycles. The van der Waals surface area contributed by atoms with Crippen LogP contribution in [-0.2, 0) is 18.4 Å². The molecule has 0 aliphatic carbocycles. The molecule has 0 amide bonds. The zero-order valence-electron chi connectivity index (χ0n) is 23.2. The van der Waals surface area contributed by atoms with E-state index in [1.165, 1.54) is 49.9 Å². The van der Waals surface area contributed by atoms with Crippen LogP contribution in [-0.4, -0.2) is 61.0 Å². The summed E-state index contributed by atoms with van der Waals surface area (Å²) in [5.74, 6) is 0. The summed E-state index contributed by atoms with van der Waals surface area (Å²) in [5, 5.41) is 13.4. The highest BCUT2D eigenvalue weighted by molar-refractivity contribution is 5.89. The van der Waals surface area contributed by atoms with Gasteiger partial charge in [-0.2, -0.15) is 0 Å². The molecule has 2 atom stereocenters. The van der Waals surface area contributed by atoms with Gasteiger partial charge < -0.3 is 25.1 Å². The Morgan fingerprint density at radius 2 is 1.49 bits per heavy atom. The molecule has 1 fully saturated rings. The van der Waals surface area contributed by atoms with Crippen molar-refractivity contribution in [1.29, 1.82) is 0 Å². The summed E-state index contributed by atoms with van der Waals surface area (Å²) in [6, 6.07) is 24.7. The Kier molecular flexibility index (Phi) is 5.99. The van der Waals surface area contributed by atoms with Gasteiger partial charge in [-0.3, -0.25) is 4.90 Å². The van der Waals surface area contributed by atoms with Crippen molar-refractivity contribution in [1.82, 2.24) is 24.7 Å². The zero-order chi connectivity index (χ0) is 26.6. The average molecular weight is 519 g/mol. The van der Waals surface area contributed by atoms with Gasteiger partial charge in [0.15, 0.2) is 0 Å². The van der Waals surface area contributed by atoms with Crippen molar-refractivity contribution in [3.63, 3.8) is 0 Å². The van der Waals surface area contributed by atoms with E-state index in [1.807, 2.05) is 14.1 Å². The van der Waals surface area contributed by atoms with Gasteiger partial charge in [-0.25, -0.2) is 0 Å². The maximum Gasteiger partial charge on any atom is 0.108 e. The van der Waals surface area contributed by atoms with Crippen molar-refractivity contribution in [3.8, 4) is 5.69 Å². The fraction of sp³-hybridized carbons (Fsp3) is 0.333. The maximum atomic E-state index is 4.05. The van der Waals surface area contributed by atoms with Gasteiger partial charge in [-0.15, -0.1) is 0 Å². The van der Waals surface area contributed by atoms with E-state index in [0.717, 1.165) is 38.9 Å². The second-order valence-electron chi connectivity index (χ2n) is 11.2. The number of fused-ring (bicyclic) bond motifs is 5. The van der Waals surface area contributed by atoms with Crippen LogP contribution in [0.3, 0.4) is 0 Å². The monoisotopic (exact) mass is 518 g/mol. The van der Waals surface area contributed by atoms with Crippen molar-refractivity contribution < 1.29 is 0 Å². The Morgan fingerprint density at radius 3 is 2.23 bits per heavy atom. The van der Waals surface area contributed by atoms with Gasteiger partial charge in [-0.05, 0) is 82.8 Å². The molecule has 0 unspecified atom stereocenters. The number of rotatable bonds is 8. The molecular weight excluding hydrogens is 480 g/mol. The number of anilines is 1. The summed E-state index contributed by atoms with van der Waals surface area (Å²) >= 11 is 0. The van der Waals surface area contributed by atoms with Crippen LogP contribution in [0.4, 0.5) is 5.69 Å². The van der Waals surface area contributed by atoms with Crippen molar-refractivity contribution in [2.45, 2.75) is 31.0 Å². The molecule has 3 N–H and O–H groups in total. The summed E-state index contributed by atoms with van der Waals surface area (Å²) in [7, 11) is 6.32. The van der Waals surface area contributed by atoms with Crippen LogP contribution < -0.4 is 16.0 Å². The van der Waals surface area contributed by atoms with Gasteiger partial charge in [0, 0.05) is 40.8 Å². The molecule has 7 rings (SSSR count). The van der Waals surface area contributed by atoms with Crippen LogP contribution in [0.1, 0.15) is 23.1 Å². The van der Waals surface area contributed by atoms with Gasteiger partial charge in [0.25, 0.3) is 0 Å². The fourth-order valence-electron chi connectivity index (χ4n) is 7.21. The molecule has 1 saturated heterocycles. The van der Waals surface area contributed by atoms with E-state index in [1.54, 1.807) is 0 Å². The first-order valence-electron chi connectivity index (χ1n) is 14.3. The number of hydrogen-bond donors (Lipinski definition) is 3. The van der Waals surface area contributed by atoms with Crippen LogP contribution in [0.2, 0.25) is 0 Å². The Bertz CT molecular complexity index is 1660. The third-order valence-corrected chi connectivity index (χ3v) is 9.10. The number of likely N-dealkylation sites (N-methyl/N-ethyl adjacent to an activating group) is 3. The number of aromatic nitrogens is 2. The lowest BCUT2D eigenvalue weighted by atomic mass is 9.87. The molecule has 2 aliphatic heterocycles. The summed E-state index contributed by atoms with van der Waals surface area (Å²) < 4.78 is 5.02. The van der Waals surface area contributed by atoms with Crippen LogP contribution in [0.25, 0.3) is 27.5 Å². The van der Waals surface area contributed by atoms with Gasteiger partial charge in [0.1, 0.15) is 11.7 Å². The predicted octanol–water partition coefficient (Wildman–Crippen LogP) is 4.94. The molecule has 5 aromatic rings. The summed E-state index contributed by atoms with van der Waals surface area (Å²) in [6.07, 6.45) is 8.08. The Hall–Kier alpha value is -3.58. The fourth-order valence-corrected chi connectivity index (χ4v) is 7.21. The van der Waals surface area contributed by atoms with Gasteiger partial charge in [0.05, 0.1) is 16.9 Å². The average Bonchev–Trinajstić information content (AvgIpc) is 3.71. The zero-order valence-corrected chi connectivity index (χ0v) is 23.2. The van der Waals surface area contributed by atoms with Crippen molar-refractivity contribution in [2.24, 2.45) is 0 Å². The molecule has 39 heavy (non-hydrogen) atoms. The highest BCUT2D eigenvalue weighted by Gasteiger charge is 2.55. The minimum Gasteiger partial charge on any atom is -0.365 e. The lowest BCUT2D eigenvalue weighted by molar-refractivity contribution is 0.261. The molecule has 200 valence electrons. The molecule has 4 heterocycles. The van der Waals surface area contributed by atoms with Gasteiger partial charge in [-0.1, -0.05) is 48.5 Å². The molecule has 2 aliphatic rings. The van der Waals surface area contributed by atoms with Crippen molar-refractivity contribution >= 4 is 27.5 Å². The smallest absolute Gasteiger partial charge is 0.108 e. The van der Waals surface area contributed by atoms with Crippen molar-refractivity contribution in [3.05, 3.63) is 95.8 Å². The molecule has 2 aromatic heterocycles. The standard InChI is InChI=1S/C33H38N6/c1-34-18-15-23-21-38(28-12-6-4-9-25(23)28)30-14-8-11-27-31(30)36-32-33(27,17-20-37(32)3)39-22-24(16-19-35-2)26-10-5-7-13-29(26)39/h4-14,21-22,32,34-36H,15-20H2,1-3H3/t32-,33+/m0/s1. The van der Waals surface area contributed by atoms with E-state index in [2.05, 4.69) is 116 Å². The lowest BCUT2D eigenvalue weighted by Crippen LogP contribution is -2.46. The number of benzene rings is 3. The van der Waals surface area contributed by atoms with E-state index in [0.29, 0.717) is 0 Å². The van der Waals surface area contributed by atoms with E-state index >= 15 is 0 Å². The van der Waals surface area contributed by atoms with Gasteiger partial charge in [0.2, 0.25) is 0 Å². The molecule has 6 heteroatoms. The second kappa shape index (κ2) is 9.56. The SMILES string of the molecule is CNCCc1cn(-c2cccc3c2N[C@H]2N(C)CC[C@@]32n2cc(CCNC)c3ccccc32)c2ccccc12. The molecule has 0 radical (unpaired) electrons. The quantitative estimate of drug-likeness (QED) is 0.272. The first-order valence-corrected chi connectivity index (χ1v) is 14.3. The predicted molar refractivity (Wildman–Crippen MR) is 162 cm³/mol. The Balaban J connectivity index is 1.44. The number of hydrogen-bond acceptors (Lipinski definition) is 4. The first-order chi connectivity index (χ1) is 19.2. The molecule has 0 spiro atoms. The van der Waals surface area contributed by atoms with Crippen molar-refractivity contribution in [2.75, 3.05) is 46.1 Å². The third kappa shape index (κ3) is 3.59. The van der Waals surface area contributed by atoms with Crippen LogP contribution in [0.5, 0.6) is 0 Å². The normalized spacial score (nSPS) is 20.5. The maximum absolute atomic E-state index is 4.05. The highest BCUT2D eigenvalue weighted by atomic mass is 15.4.